The van der Waals surface area contributed by atoms with Crippen molar-refractivity contribution in [2.24, 2.45) is 5.92 Å². The lowest BCUT2D eigenvalue weighted by Crippen LogP contribution is -2.28. The standard InChI is InChI=1S/C13H20N2O/c1-10(2)7-8-15(3)13(16)11-5-4-6-12(14)9-11/h4-6,9-10H,7-8,14H2,1-3H3. The maximum absolute atomic E-state index is 12.0. The van der Waals surface area contributed by atoms with Gasteiger partial charge < -0.3 is 10.6 Å². The number of benzene rings is 1. The summed E-state index contributed by atoms with van der Waals surface area (Å²) >= 11 is 0. The molecule has 1 amide bonds. The molecular formula is C13H20N2O. The van der Waals surface area contributed by atoms with Crippen LogP contribution in [0.15, 0.2) is 24.3 Å². The first-order valence-corrected chi connectivity index (χ1v) is 5.61. The largest absolute Gasteiger partial charge is 0.399 e. The van der Waals surface area contributed by atoms with Crippen molar-refractivity contribution in [3.63, 3.8) is 0 Å². The molecule has 0 aromatic heterocycles. The topological polar surface area (TPSA) is 46.3 Å². The van der Waals surface area contributed by atoms with Crippen molar-refractivity contribution in [2.75, 3.05) is 19.3 Å². The predicted molar refractivity (Wildman–Crippen MR) is 67.3 cm³/mol. The minimum Gasteiger partial charge on any atom is -0.399 e. The Labute approximate surface area is 97.2 Å². The van der Waals surface area contributed by atoms with E-state index in [1.807, 2.05) is 7.05 Å². The molecule has 0 saturated heterocycles. The van der Waals surface area contributed by atoms with E-state index < -0.39 is 0 Å². The Kier molecular flexibility index (Phi) is 4.35. The molecule has 0 saturated carbocycles. The van der Waals surface area contributed by atoms with E-state index in [0.717, 1.165) is 13.0 Å². The molecule has 0 atom stereocenters. The summed E-state index contributed by atoms with van der Waals surface area (Å²) in [5, 5.41) is 0. The van der Waals surface area contributed by atoms with Gasteiger partial charge in [0.15, 0.2) is 0 Å². The van der Waals surface area contributed by atoms with Gasteiger partial charge in [0.2, 0.25) is 0 Å². The Balaban J connectivity index is 2.63. The van der Waals surface area contributed by atoms with Crippen LogP contribution in [-0.4, -0.2) is 24.4 Å². The van der Waals surface area contributed by atoms with Crippen LogP contribution < -0.4 is 5.73 Å². The van der Waals surface area contributed by atoms with E-state index in [9.17, 15) is 4.79 Å². The van der Waals surface area contributed by atoms with Gasteiger partial charge in [-0.15, -0.1) is 0 Å². The molecule has 0 aliphatic heterocycles. The van der Waals surface area contributed by atoms with Crippen LogP contribution in [0.2, 0.25) is 0 Å². The van der Waals surface area contributed by atoms with Gasteiger partial charge >= 0.3 is 0 Å². The Morgan fingerprint density at radius 1 is 1.44 bits per heavy atom. The number of nitrogens with zero attached hydrogens (tertiary/aromatic N) is 1. The average Bonchev–Trinajstić information content (AvgIpc) is 2.24. The van der Waals surface area contributed by atoms with Crippen molar-refractivity contribution in [1.82, 2.24) is 4.90 Å². The average molecular weight is 220 g/mol. The highest BCUT2D eigenvalue weighted by atomic mass is 16.2. The van der Waals surface area contributed by atoms with Gasteiger partial charge in [-0.1, -0.05) is 19.9 Å². The van der Waals surface area contributed by atoms with E-state index in [2.05, 4.69) is 13.8 Å². The third kappa shape index (κ3) is 3.57. The van der Waals surface area contributed by atoms with Crippen LogP contribution in [-0.2, 0) is 0 Å². The molecule has 0 fully saturated rings. The highest BCUT2D eigenvalue weighted by Gasteiger charge is 2.11. The molecule has 0 aliphatic carbocycles. The summed E-state index contributed by atoms with van der Waals surface area (Å²) in [6.45, 7) is 5.09. The monoisotopic (exact) mass is 220 g/mol. The Hall–Kier alpha value is -1.51. The van der Waals surface area contributed by atoms with Crippen molar-refractivity contribution in [1.29, 1.82) is 0 Å². The van der Waals surface area contributed by atoms with Crippen LogP contribution in [0, 0.1) is 5.92 Å². The number of nitrogen functional groups attached to an aromatic ring is 1. The van der Waals surface area contributed by atoms with Crippen molar-refractivity contribution in [3.8, 4) is 0 Å². The number of carbonyl (C=O) groups excluding carboxylic acids is 1. The first-order valence-electron chi connectivity index (χ1n) is 5.61. The number of hydrogen-bond donors (Lipinski definition) is 1. The second kappa shape index (κ2) is 5.54. The first kappa shape index (κ1) is 12.6. The summed E-state index contributed by atoms with van der Waals surface area (Å²) in [6.07, 6.45) is 1.02. The van der Waals surface area contributed by atoms with Crippen LogP contribution in [0.3, 0.4) is 0 Å². The van der Waals surface area contributed by atoms with Crippen LogP contribution in [0.25, 0.3) is 0 Å². The maximum Gasteiger partial charge on any atom is 0.253 e. The lowest BCUT2D eigenvalue weighted by Gasteiger charge is -2.18. The zero-order chi connectivity index (χ0) is 12.1. The molecule has 0 bridgehead atoms. The molecule has 88 valence electrons. The van der Waals surface area contributed by atoms with Gasteiger partial charge in [0.05, 0.1) is 0 Å². The molecule has 1 rings (SSSR count). The molecule has 0 aliphatic rings. The van der Waals surface area contributed by atoms with E-state index in [4.69, 9.17) is 5.73 Å². The normalized spacial score (nSPS) is 10.5. The zero-order valence-electron chi connectivity index (χ0n) is 10.2. The Bertz CT molecular complexity index is 361. The third-order valence-corrected chi connectivity index (χ3v) is 2.52. The second-order valence-corrected chi connectivity index (χ2v) is 4.53. The number of carbonyl (C=O) groups is 1. The predicted octanol–water partition coefficient (Wildman–Crippen LogP) is 2.39. The van der Waals surface area contributed by atoms with E-state index in [0.29, 0.717) is 17.2 Å². The Morgan fingerprint density at radius 2 is 2.12 bits per heavy atom. The number of amides is 1. The molecule has 2 N–H and O–H groups in total. The summed E-state index contributed by atoms with van der Waals surface area (Å²) in [5.41, 5.74) is 6.93. The van der Waals surface area contributed by atoms with Gasteiger partial charge in [-0.25, -0.2) is 0 Å². The third-order valence-electron chi connectivity index (χ3n) is 2.52. The summed E-state index contributed by atoms with van der Waals surface area (Å²) in [6, 6.07) is 7.10. The van der Waals surface area contributed by atoms with Gasteiger partial charge in [0.25, 0.3) is 5.91 Å². The van der Waals surface area contributed by atoms with Crippen molar-refractivity contribution < 1.29 is 4.79 Å². The van der Waals surface area contributed by atoms with Crippen LogP contribution in [0.4, 0.5) is 5.69 Å². The van der Waals surface area contributed by atoms with Crippen molar-refractivity contribution >= 4 is 11.6 Å². The second-order valence-electron chi connectivity index (χ2n) is 4.53. The minimum absolute atomic E-state index is 0.0351. The van der Waals surface area contributed by atoms with E-state index in [1.165, 1.54) is 0 Å². The first-order chi connectivity index (χ1) is 7.50. The summed E-state index contributed by atoms with van der Waals surface area (Å²) in [4.78, 5) is 13.7. The van der Waals surface area contributed by atoms with E-state index >= 15 is 0 Å². The van der Waals surface area contributed by atoms with E-state index in [-0.39, 0.29) is 5.91 Å². The van der Waals surface area contributed by atoms with Crippen LogP contribution in [0.1, 0.15) is 30.6 Å². The zero-order valence-corrected chi connectivity index (χ0v) is 10.2. The minimum atomic E-state index is 0.0351. The fraction of sp³-hybridized carbons (Fsp3) is 0.462. The summed E-state index contributed by atoms with van der Waals surface area (Å²) in [5.74, 6) is 0.643. The number of rotatable bonds is 4. The fourth-order valence-electron chi connectivity index (χ4n) is 1.45. The molecule has 0 radical (unpaired) electrons. The highest BCUT2D eigenvalue weighted by molar-refractivity contribution is 5.94. The van der Waals surface area contributed by atoms with Gasteiger partial charge in [0, 0.05) is 24.8 Å². The van der Waals surface area contributed by atoms with Gasteiger partial charge in [0.1, 0.15) is 0 Å². The maximum atomic E-state index is 12.0. The number of nitrogens with two attached hydrogens (primary N) is 1. The molecular weight excluding hydrogens is 200 g/mol. The summed E-state index contributed by atoms with van der Waals surface area (Å²) < 4.78 is 0. The number of anilines is 1. The van der Waals surface area contributed by atoms with Gasteiger partial charge in [-0.3, -0.25) is 4.79 Å². The quantitative estimate of drug-likeness (QED) is 0.792. The molecule has 3 nitrogen and oxygen atoms in total. The summed E-state index contributed by atoms with van der Waals surface area (Å²) in [7, 11) is 1.83. The lowest BCUT2D eigenvalue weighted by molar-refractivity contribution is 0.0789. The molecule has 0 heterocycles. The lowest BCUT2D eigenvalue weighted by atomic mass is 10.1. The molecule has 1 aromatic rings. The van der Waals surface area contributed by atoms with Gasteiger partial charge in [-0.05, 0) is 30.5 Å². The number of hydrogen-bond acceptors (Lipinski definition) is 2. The molecule has 3 heteroatoms. The smallest absolute Gasteiger partial charge is 0.253 e. The van der Waals surface area contributed by atoms with Crippen molar-refractivity contribution in [2.45, 2.75) is 20.3 Å². The van der Waals surface area contributed by atoms with Crippen molar-refractivity contribution in [3.05, 3.63) is 29.8 Å². The SMILES string of the molecule is CC(C)CCN(C)C(=O)c1cccc(N)c1. The molecule has 0 spiro atoms. The van der Waals surface area contributed by atoms with Crippen LogP contribution in [0.5, 0.6) is 0 Å². The highest BCUT2D eigenvalue weighted by Crippen LogP contribution is 2.10. The molecule has 0 unspecified atom stereocenters. The molecule has 1 aromatic carbocycles. The fourth-order valence-corrected chi connectivity index (χ4v) is 1.45. The van der Waals surface area contributed by atoms with Crippen LogP contribution >= 0.6 is 0 Å². The Morgan fingerprint density at radius 3 is 2.69 bits per heavy atom. The van der Waals surface area contributed by atoms with E-state index in [1.54, 1.807) is 29.2 Å². The van der Waals surface area contributed by atoms with Gasteiger partial charge in [-0.2, -0.15) is 0 Å². The molecule has 16 heavy (non-hydrogen) atoms.